The highest BCUT2D eigenvalue weighted by molar-refractivity contribution is 5.82. The van der Waals surface area contributed by atoms with E-state index < -0.39 is 6.10 Å². The van der Waals surface area contributed by atoms with Crippen LogP contribution in [0, 0.1) is 0 Å². The van der Waals surface area contributed by atoms with E-state index in [2.05, 4.69) is 0 Å². The summed E-state index contributed by atoms with van der Waals surface area (Å²) in [5.41, 5.74) is 0. The molecule has 1 aliphatic rings. The van der Waals surface area contributed by atoms with Crippen LogP contribution in [0.15, 0.2) is 22.8 Å². The zero-order valence-electron chi connectivity index (χ0n) is 7.14. The lowest BCUT2D eigenvalue weighted by Gasteiger charge is -2.13. The molecule has 4 nitrogen and oxygen atoms in total. The summed E-state index contributed by atoms with van der Waals surface area (Å²) >= 11 is 0. The van der Waals surface area contributed by atoms with Crippen molar-refractivity contribution in [2.45, 2.75) is 19.1 Å². The molecule has 0 bridgehead atoms. The molecule has 70 valence electrons. The molecule has 0 saturated carbocycles. The Morgan fingerprint density at radius 2 is 2.54 bits per heavy atom. The van der Waals surface area contributed by atoms with Gasteiger partial charge in [0.2, 0.25) is 0 Å². The van der Waals surface area contributed by atoms with Gasteiger partial charge in [0.1, 0.15) is 11.9 Å². The van der Waals surface area contributed by atoms with Gasteiger partial charge in [0.05, 0.1) is 12.8 Å². The standard InChI is InChI=1S/C9H11NO3/c11-8-3-4-10(9(8)12)6-7-2-1-5-13-7/h1-2,5,8,11H,3-4,6H2. The number of carbonyl (C=O) groups is 1. The molecular weight excluding hydrogens is 170 g/mol. The van der Waals surface area contributed by atoms with Crippen LogP contribution in [0.2, 0.25) is 0 Å². The van der Waals surface area contributed by atoms with Gasteiger partial charge in [0.25, 0.3) is 5.91 Å². The number of hydrogen-bond donors (Lipinski definition) is 1. The molecule has 1 amide bonds. The largest absolute Gasteiger partial charge is 0.467 e. The highest BCUT2D eigenvalue weighted by Crippen LogP contribution is 2.14. The van der Waals surface area contributed by atoms with Gasteiger partial charge in [0.15, 0.2) is 0 Å². The second-order valence-electron chi connectivity index (χ2n) is 3.14. The minimum absolute atomic E-state index is 0.198. The molecule has 1 aromatic rings. The van der Waals surface area contributed by atoms with Crippen molar-refractivity contribution < 1.29 is 14.3 Å². The number of rotatable bonds is 2. The molecule has 4 heteroatoms. The molecule has 1 atom stereocenters. The molecule has 0 aliphatic carbocycles. The van der Waals surface area contributed by atoms with Crippen molar-refractivity contribution in [3.8, 4) is 0 Å². The summed E-state index contributed by atoms with van der Waals surface area (Å²) in [6.45, 7) is 1.07. The molecular formula is C9H11NO3. The molecule has 1 N–H and O–H groups in total. The first-order valence-corrected chi connectivity index (χ1v) is 4.26. The van der Waals surface area contributed by atoms with Gasteiger partial charge in [-0.25, -0.2) is 0 Å². The molecule has 1 aliphatic heterocycles. The van der Waals surface area contributed by atoms with E-state index in [1.165, 1.54) is 0 Å². The molecule has 13 heavy (non-hydrogen) atoms. The fraction of sp³-hybridized carbons (Fsp3) is 0.444. The summed E-state index contributed by atoms with van der Waals surface area (Å²) in [6.07, 6.45) is 1.29. The van der Waals surface area contributed by atoms with Crippen molar-refractivity contribution in [1.29, 1.82) is 0 Å². The van der Waals surface area contributed by atoms with Gasteiger partial charge in [-0.15, -0.1) is 0 Å². The Hall–Kier alpha value is -1.29. The number of nitrogens with zero attached hydrogens (tertiary/aromatic N) is 1. The Labute approximate surface area is 75.8 Å². The smallest absolute Gasteiger partial charge is 0.251 e. The van der Waals surface area contributed by atoms with E-state index in [4.69, 9.17) is 4.42 Å². The summed E-state index contributed by atoms with van der Waals surface area (Å²) in [5.74, 6) is 0.554. The van der Waals surface area contributed by atoms with Crippen molar-refractivity contribution in [3.05, 3.63) is 24.2 Å². The lowest BCUT2D eigenvalue weighted by molar-refractivity contribution is -0.135. The lowest BCUT2D eigenvalue weighted by Crippen LogP contribution is -2.28. The average Bonchev–Trinajstić information content (AvgIpc) is 2.71. The number of aliphatic hydroxyl groups excluding tert-OH is 1. The summed E-state index contributed by atoms with van der Waals surface area (Å²) < 4.78 is 5.10. The molecule has 1 saturated heterocycles. The molecule has 0 spiro atoms. The third-order valence-electron chi connectivity index (χ3n) is 2.20. The number of aliphatic hydroxyl groups is 1. The molecule has 2 heterocycles. The van der Waals surface area contributed by atoms with E-state index >= 15 is 0 Å². The topological polar surface area (TPSA) is 53.7 Å². The first kappa shape index (κ1) is 8.31. The third kappa shape index (κ3) is 1.58. The minimum Gasteiger partial charge on any atom is -0.467 e. The normalized spacial score (nSPS) is 22.7. The second kappa shape index (κ2) is 3.22. The SMILES string of the molecule is O=C1C(O)CCN1Cc1ccco1. The van der Waals surface area contributed by atoms with Gasteiger partial charge >= 0.3 is 0 Å². The van der Waals surface area contributed by atoms with Crippen LogP contribution in [-0.2, 0) is 11.3 Å². The van der Waals surface area contributed by atoms with Gasteiger partial charge < -0.3 is 14.4 Å². The highest BCUT2D eigenvalue weighted by atomic mass is 16.3. The molecule has 0 aromatic carbocycles. The van der Waals surface area contributed by atoms with Crippen LogP contribution in [0.1, 0.15) is 12.2 Å². The van der Waals surface area contributed by atoms with E-state index in [0.29, 0.717) is 19.5 Å². The molecule has 1 aromatic heterocycles. The Morgan fingerprint density at radius 1 is 1.69 bits per heavy atom. The molecule has 1 unspecified atom stereocenters. The zero-order valence-corrected chi connectivity index (χ0v) is 7.14. The number of hydrogen-bond acceptors (Lipinski definition) is 3. The van der Waals surface area contributed by atoms with E-state index in [1.807, 2.05) is 6.07 Å². The first-order valence-electron chi connectivity index (χ1n) is 4.26. The predicted octanol–water partition coefficient (Wildman–Crippen LogP) is 0.373. The van der Waals surface area contributed by atoms with Gasteiger partial charge in [-0.05, 0) is 18.6 Å². The van der Waals surface area contributed by atoms with Crippen LogP contribution in [0.5, 0.6) is 0 Å². The average molecular weight is 181 g/mol. The van der Waals surface area contributed by atoms with E-state index in [9.17, 15) is 9.90 Å². The Morgan fingerprint density at radius 3 is 3.08 bits per heavy atom. The van der Waals surface area contributed by atoms with Crippen LogP contribution in [0.4, 0.5) is 0 Å². The number of amides is 1. The minimum atomic E-state index is -0.810. The Bertz CT molecular complexity index is 294. The summed E-state index contributed by atoms with van der Waals surface area (Å²) in [4.78, 5) is 12.9. The summed E-state index contributed by atoms with van der Waals surface area (Å²) in [6, 6.07) is 3.60. The van der Waals surface area contributed by atoms with Crippen molar-refractivity contribution >= 4 is 5.91 Å². The van der Waals surface area contributed by atoms with Crippen LogP contribution < -0.4 is 0 Å². The number of carbonyl (C=O) groups excluding carboxylic acids is 1. The fourth-order valence-corrected chi connectivity index (χ4v) is 1.47. The van der Waals surface area contributed by atoms with Crippen LogP contribution in [-0.4, -0.2) is 28.6 Å². The van der Waals surface area contributed by atoms with Gasteiger partial charge in [-0.3, -0.25) is 4.79 Å². The van der Waals surface area contributed by atoms with Gasteiger partial charge in [-0.2, -0.15) is 0 Å². The van der Waals surface area contributed by atoms with Crippen molar-refractivity contribution in [2.24, 2.45) is 0 Å². The predicted molar refractivity (Wildman–Crippen MR) is 44.7 cm³/mol. The van der Waals surface area contributed by atoms with E-state index in [-0.39, 0.29) is 5.91 Å². The van der Waals surface area contributed by atoms with E-state index in [1.54, 1.807) is 17.2 Å². The summed E-state index contributed by atoms with van der Waals surface area (Å²) in [5, 5.41) is 9.17. The second-order valence-corrected chi connectivity index (χ2v) is 3.14. The third-order valence-corrected chi connectivity index (χ3v) is 2.20. The molecule has 2 rings (SSSR count). The maximum Gasteiger partial charge on any atom is 0.251 e. The van der Waals surface area contributed by atoms with Crippen molar-refractivity contribution in [1.82, 2.24) is 4.90 Å². The van der Waals surface area contributed by atoms with Crippen LogP contribution >= 0.6 is 0 Å². The van der Waals surface area contributed by atoms with Crippen molar-refractivity contribution in [3.63, 3.8) is 0 Å². The number of likely N-dealkylation sites (tertiary alicyclic amines) is 1. The van der Waals surface area contributed by atoms with Crippen LogP contribution in [0.25, 0.3) is 0 Å². The summed E-state index contributed by atoms with van der Waals surface area (Å²) in [7, 11) is 0. The van der Waals surface area contributed by atoms with E-state index in [0.717, 1.165) is 5.76 Å². The first-order chi connectivity index (χ1) is 6.27. The van der Waals surface area contributed by atoms with Gasteiger partial charge in [-0.1, -0.05) is 0 Å². The Kier molecular flexibility index (Phi) is 2.06. The highest BCUT2D eigenvalue weighted by Gasteiger charge is 2.29. The number of furan rings is 1. The van der Waals surface area contributed by atoms with Gasteiger partial charge in [0, 0.05) is 6.54 Å². The quantitative estimate of drug-likeness (QED) is 0.717. The fourth-order valence-electron chi connectivity index (χ4n) is 1.47. The molecule has 0 radical (unpaired) electrons. The maximum absolute atomic E-state index is 11.3. The zero-order chi connectivity index (χ0) is 9.26. The molecule has 1 fully saturated rings. The lowest BCUT2D eigenvalue weighted by atomic mass is 10.3. The maximum atomic E-state index is 11.3. The monoisotopic (exact) mass is 181 g/mol. The Balaban J connectivity index is 2.00. The van der Waals surface area contributed by atoms with Crippen LogP contribution in [0.3, 0.4) is 0 Å². The van der Waals surface area contributed by atoms with Crippen molar-refractivity contribution in [2.75, 3.05) is 6.54 Å².